The van der Waals surface area contributed by atoms with Gasteiger partial charge in [0.25, 0.3) is 0 Å². The van der Waals surface area contributed by atoms with E-state index in [0.29, 0.717) is 18.0 Å². The summed E-state index contributed by atoms with van der Waals surface area (Å²) in [7, 11) is 0. The lowest BCUT2D eigenvalue weighted by Crippen LogP contribution is -2.29. The molecule has 0 aromatic heterocycles. The van der Waals surface area contributed by atoms with Crippen molar-refractivity contribution in [1.82, 2.24) is 0 Å². The molecular formula is C17H22N2O2. The van der Waals surface area contributed by atoms with Gasteiger partial charge < -0.3 is 5.32 Å². The third-order valence-corrected chi connectivity index (χ3v) is 3.32. The summed E-state index contributed by atoms with van der Waals surface area (Å²) >= 11 is 0. The van der Waals surface area contributed by atoms with E-state index in [1.165, 1.54) is 0 Å². The molecule has 4 nitrogen and oxygen atoms in total. The molecule has 0 saturated carbocycles. The van der Waals surface area contributed by atoms with Crippen LogP contribution in [0.1, 0.15) is 37.8 Å². The number of amides is 1. The summed E-state index contributed by atoms with van der Waals surface area (Å²) in [6.45, 7) is 7.85. The quantitative estimate of drug-likeness (QED) is 0.815. The second-order valence-corrected chi connectivity index (χ2v) is 5.77. The minimum atomic E-state index is -1.23. The zero-order chi connectivity index (χ0) is 16.0. The molecule has 0 fully saturated rings. The molecule has 1 atom stereocenters. The number of carbonyl (C=O) groups excluding carboxylic acids is 2. The Kier molecular flexibility index (Phi) is 6.10. The fourth-order valence-corrected chi connectivity index (χ4v) is 2.01. The Morgan fingerprint density at radius 3 is 2.48 bits per heavy atom. The molecule has 4 heteroatoms. The Morgan fingerprint density at radius 2 is 1.95 bits per heavy atom. The van der Waals surface area contributed by atoms with Crippen molar-refractivity contribution in [2.75, 3.05) is 5.32 Å². The highest BCUT2D eigenvalue weighted by atomic mass is 16.2. The number of hydrogen-bond acceptors (Lipinski definition) is 3. The summed E-state index contributed by atoms with van der Waals surface area (Å²) in [5.74, 6) is -1.72. The highest BCUT2D eigenvalue weighted by Crippen LogP contribution is 2.18. The summed E-state index contributed by atoms with van der Waals surface area (Å²) in [5.41, 5.74) is 2.65. The number of benzene rings is 1. The van der Waals surface area contributed by atoms with Crippen LogP contribution in [0.15, 0.2) is 18.2 Å². The molecule has 1 N–H and O–H groups in total. The monoisotopic (exact) mass is 286 g/mol. The van der Waals surface area contributed by atoms with Gasteiger partial charge in [-0.05, 0) is 37.8 Å². The fourth-order valence-electron chi connectivity index (χ4n) is 2.01. The van der Waals surface area contributed by atoms with E-state index in [-0.39, 0.29) is 12.2 Å². The van der Waals surface area contributed by atoms with Crippen molar-refractivity contribution in [2.45, 2.75) is 40.5 Å². The second kappa shape index (κ2) is 7.58. The average Bonchev–Trinajstić information content (AvgIpc) is 2.40. The second-order valence-electron chi connectivity index (χ2n) is 5.77. The lowest BCUT2D eigenvalue weighted by Gasteiger charge is -2.12. The standard InChI is InChI=1S/C17H22N2O2/c1-11(2)5-8-16(20)14(10-18)17(21)19-15-7-6-12(3)9-13(15)4/h6-7,9,11,14H,5,8H2,1-4H3,(H,19,21)/t14-/m1/s1. The van der Waals surface area contributed by atoms with Gasteiger partial charge in [-0.1, -0.05) is 31.5 Å². The first-order chi connectivity index (χ1) is 9.85. The number of ketones is 1. The largest absolute Gasteiger partial charge is 0.324 e. The van der Waals surface area contributed by atoms with Gasteiger partial charge in [0.15, 0.2) is 11.7 Å². The van der Waals surface area contributed by atoms with Crippen molar-refractivity contribution in [3.63, 3.8) is 0 Å². The molecular weight excluding hydrogens is 264 g/mol. The lowest BCUT2D eigenvalue weighted by atomic mass is 9.97. The van der Waals surface area contributed by atoms with Crippen molar-refractivity contribution in [3.8, 4) is 6.07 Å². The molecule has 0 aliphatic rings. The Hall–Kier alpha value is -2.15. The normalized spacial score (nSPS) is 11.8. The summed E-state index contributed by atoms with van der Waals surface area (Å²) < 4.78 is 0. The topological polar surface area (TPSA) is 70.0 Å². The van der Waals surface area contributed by atoms with E-state index in [1.807, 2.05) is 45.9 Å². The minimum absolute atomic E-state index is 0.260. The summed E-state index contributed by atoms with van der Waals surface area (Å²) in [4.78, 5) is 24.1. The number of carbonyl (C=O) groups is 2. The number of nitrogens with zero attached hydrogens (tertiary/aromatic N) is 1. The lowest BCUT2D eigenvalue weighted by molar-refractivity contribution is -0.129. The van der Waals surface area contributed by atoms with Gasteiger partial charge in [-0.2, -0.15) is 5.26 Å². The van der Waals surface area contributed by atoms with Crippen LogP contribution in [-0.2, 0) is 9.59 Å². The Morgan fingerprint density at radius 1 is 1.29 bits per heavy atom. The molecule has 0 spiro atoms. The van der Waals surface area contributed by atoms with E-state index in [2.05, 4.69) is 5.32 Å². The number of nitrogens with one attached hydrogen (secondary N) is 1. The maximum atomic E-state index is 12.1. The average molecular weight is 286 g/mol. The molecule has 1 rings (SSSR count). The van der Waals surface area contributed by atoms with E-state index >= 15 is 0 Å². The molecule has 1 aromatic rings. The molecule has 0 unspecified atom stereocenters. The van der Waals surface area contributed by atoms with Crippen LogP contribution in [0.5, 0.6) is 0 Å². The first-order valence-corrected chi connectivity index (χ1v) is 7.15. The molecule has 0 bridgehead atoms. The first kappa shape index (κ1) is 16.9. The Labute approximate surface area is 126 Å². The van der Waals surface area contributed by atoms with Gasteiger partial charge >= 0.3 is 0 Å². The van der Waals surface area contributed by atoms with Crippen LogP contribution < -0.4 is 5.32 Å². The molecule has 0 radical (unpaired) electrons. The SMILES string of the molecule is Cc1ccc(NC(=O)[C@H](C#N)C(=O)CCC(C)C)c(C)c1. The predicted molar refractivity (Wildman–Crippen MR) is 82.7 cm³/mol. The molecule has 112 valence electrons. The van der Waals surface area contributed by atoms with Crippen molar-refractivity contribution in [2.24, 2.45) is 11.8 Å². The highest BCUT2D eigenvalue weighted by molar-refractivity contribution is 6.09. The first-order valence-electron chi connectivity index (χ1n) is 7.15. The maximum Gasteiger partial charge on any atom is 0.249 e. The van der Waals surface area contributed by atoms with E-state index < -0.39 is 11.8 Å². The zero-order valence-corrected chi connectivity index (χ0v) is 13.1. The smallest absolute Gasteiger partial charge is 0.249 e. The van der Waals surface area contributed by atoms with Gasteiger partial charge in [-0.25, -0.2) is 0 Å². The van der Waals surface area contributed by atoms with E-state index in [4.69, 9.17) is 5.26 Å². The molecule has 0 aliphatic carbocycles. The highest BCUT2D eigenvalue weighted by Gasteiger charge is 2.26. The third kappa shape index (κ3) is 5.03. The molecule has 1 aromatic carbocycles. The van der Waals surface area contributed by atoms with E-state index in [9.17, 15) is 9.59 Å². The summed E-state index contributed by atoms with van der Waals surface area (Å²) in [6, 6.07) is 7.42. The minimum Gasteiger partial charge on any atom is -0.324 e. The number of Topliss-reactive ketones (excluding diaryl/α,β-unsaturated/α-hetero) is 1. The van der Waals surface area contributed by atoms with Gasteiger partial charge in [0.1, 0.15) is 0 Å². The van der Waals surface area contributed by atoms with Crippen molar-refractivity contribution >= 4 is 17.4 Å². The number of anilines is 1. The summed E-state index contributed by atoms with van der Waals surface area (Å²) in [5, 5.41) is 11.8. The van der Waals surface area contributed by atoms with Crippen molar-refractivity contribution in [1.29, 1.82) is 5.26 Å². The maximum absolute atomic E-state index is 12.1. The molecule has 0 aliphatic heterocycles. The van der Waals surface area contributed by atoms with Gasteiger partial charge in [-0.3, -0.25) is 9.59 Å². The number of aryl methyl sites for hydroxylation is 2. The van der Waals surface area contributed by atoms with E-state index in [1.54, 1.807) is 6.07 Å². The summed E-state index contributed by atoms with van der Waals surface area (Å²) in [6.07, 6.45) is 0.948. The molecule has 21 heavy (non-hydrogen) atoms. The van der Waals surface area contributed by atoms with Gasteiger partial charge in [0.2, 0.25) is 5.91 Å². The van der Waals surface area contributed by atoms with Crippen LogP contribution in [-0.4, -0.2) is 11.7 Å². The molecule has 0 saturated heterocycles. The van der Waals surface area contributed by atoms with E-state index in [0.717, 1.165) is 11.1 Å². The molecule has 1 amide bonds. The van der Waals surface area contributed by atoms with Crippen LogP contribution in [0.3, 0.4) is 0 Å². The number of nitriles is 1. The Balaban J connectivity index is 2.76. The van der Waals surface area contributed by atoms with Crippen LogP contribution in [0.25, 0.3) is 0 Å². The van der Waals surface area contributed by atoms with Crippen molar-refractivity contribution < 1.29 is 9.59 Å². The third-order valence-electron chi connectivity index (χ3n) is 3.32. The van der Waals surface area contributed by atoms with Gasteiger partial charge in [0.05, 0.1) is 6.07 Å². The van der Waals surface area contributed by atoms with Gasteiger partial charge in [-0.15, -0.1) is 0 Å². The number of hydrogen-bond donors (Lipinski definition) is 1. The Bertz CT molecular complexity index is 571. The predicted octanol–water partition coefficient (Wildman–Crippen LogP) is 3.39. The van der Waals surface area contributed by atoms with Gasteiger partial charge in [0, 0.05) is 12.1 Å². The zero-order valence-electron chi connectivity index (χ0n) is 13.1. The van der Waals surface area contributed by atoms with Crippen LogP contribution in [0, 0.1) is 37.0 Å². The van der Waals surface area contributed by atoms with Crippen LogP contribution >= 0.6 is 0 Å². The van der Waals surface area contributed by atoms with Crippen LogP contribution in [0.2, 0.25) is 0 Å². The van der Waals surface area contributed by atoms with Crippen molar-refractivity contribution in [3.05, 3.63) is 29.3 Å². The molecule has 0 heterocycles. The number of rotatable bonds is 6. The fraction of sp³-hybridized carbons (Fsp3) is 0.471. The van der Waals surface area contributed by atoms with Crippen LogP contribution in [0.4, 0.5) is 5.69 Å².